The third-order valence-corrected chi connectivity index (χ3v) is 4.65. The van der Waals surface area contributed by atoms with Crippen LogP contribution in [0.1, 0.15) is 17.1 Å². The van der Waals surface area contributed by atoms with Gasteiger partial charge in [0.1, 0.15) is 17.1 Å². The maximum absolute atomic E-state index is 13.1. The summed E-state index contributed by atoms with van der Waals surface area (Å²) in [4.78, 5) is 15.3. The highest BCUT2D eigenvalue weighted by Crippen LogP contribution is 2.31. The summed E-state index contributed by atoms with van der Waals surface area (Å²) >= 11 is 0. The molecule has 0 saturated carbocycles. The summed E-state index contributed by atoms with van der Waals surface area (Å²) in [5.41, 5.74) is 3.80. The van der Waals surface area contributed by atoms with Gasteiger partial charge in [0.15, 0.2) is 5.84 Å². The van der Waals surface area contributed by atoms with Crippen molar-refractivity contribution in [2.75, 3.05) is 18.5 Å². The van der Waals surface area contributed by atoms with E-state index in [1.54, 1.807) is 0 Å². The van der Waals surface area contributed by atoms with Crippen LogP contribution in [0.25, 0.3) is 0 Å². The number of nitrogens with zero attached hydrogens (tertiary/aromatic N) is 4. The third kappa shape index (κ3) is 4.50. The van der Waals surface area contributed by atoms with E-state index >= 15 is 0 Å². The van der Waals surface area contributed by atoms with E-state index in [-0.39, 0.29) is 36.4 Å². The van der Waals surface area contributed by atoms with Crippen LogP contribution in [-0.4, -0.2) is 40.8 Å². The van der Waals surface area contributed by atoms with Crippen molar-refractivity contribution in [2.45, 2.75) is 18.1 Å². The minimum Gasteiger partial charge on any atom is -0.380 e. The fourth-order valence-corrected chi connectivity index (χ4v) is 2.92. The topological polar surface area (TPSA) is 110 Å². The van der Waals surface area contributed by atoms with Crippen LogP contribution in [0.2, 0.25) is 0 Å². The van der Waals surface area contributed by atoms with Crippen LogP contribution in [0.5, 0.6) is 0 Å². The molecule has 170 valence electrons. The molecule has 1 atom stereocenters. The molecule has 8 nitrogen and oxygen atoms in total. The Hall–Kier alpha value is -3.26. The summed E-state index contributed by atoms with van der Waals surface area (Å²) in [5, 5.41) is 5.29. The number of nitrogens with one attached hydrogen (secondary N) is 2. The lowest BCUT2D eigenvalue weighted by molar-refractivity contribution is -0.141. The molecule has 4 heterocycles. The fourth-order valence-electron chi connectivity index (χ4n) is 2.92. The number of aliphatic imine (C=N–C) groups is 2. The lowest BCUT2D eigenvalue weighted by Crippen LogP contribution is -2.58. The Bertz CT molecular complexity index is 1080. The van der Waals surface area contributed by atoms with Crippen LogP contribution in [0, 0.1) is 5.92 Å². The summed E-state index contributed by atoms with van der Waals surface area (Å²) in [5.74, 6) is -2.28. The van der Waals surface area contributed by atoms with Gasteiger partial charge in [-0.2, -0.15) is 26.3 Å². The van der Waals surface area contributed by atoms with E-state index in [1.807, 2.05) is 0 Å². The van der Waals surface area contributed by atoms with E-state index in [2.05, 4.69) is 30.6 Å². The van der Waals surface area contributed by atoms with Crippen molar-refractivity contribution in [3.63, 3.8) is 0 Å². The van der Waals surface area contributed by atoms with Crippen LogP contribution in [0.4, 0.5) is 32.0 Å². The molecule has 1 saturated heterocycles. The number of hydrogen-bond donors (Lipinski definition) is 3. The van der Waals surface area contributed by atoms with Crippen molar-refractivity contribution >= 4 is 17.5 Å². The Morgan fingerprint density at radius 3 is 2.38 bits per heavy atom. The minimum atomic E-state index is -4.69. The number of rotatable bonds is 3. The van der Waals surface area contributed by atoms with E-state index in [1.165, 1.54) is 12.1 Å². The molecule has 2 aliphatic rings. The number of amidine groups is 1. The average molecular weight is 459 g/mol. The first-order chi connectivity index (χ1) is 14.9. The standard InChI is InChI=1S/C18H15F6N7O/c19-16(20,21)12-3-1-2-11(28-12)14-29-15(31-18(25,30-14)9-7-32-8-9)27-10-4-5-26-13(6-10)17(22,23)24/h1-6,9H,7-8,25H2,(H2,26,27,29,30,31). The number of nitrogens with two attached hydrogens (primary N) is 1. The minimum absolute atomic E-state index is 0.0240. The highest BCUT2D eigenvalue weighted by Gasteiger charge is 2.43. The zero-order chi connectivity index (χ0) is 23.1. The number of aromatic nitrogens is 2. The predicted molar refractivity (Wildman–Crippen MR) is 100 cm³/mol. The van der Waals surface area contributed by atoms with E-state index in [0.717, 1.165) is 24.4 Å². The van der Waals surface area contributed by atoms with Crippen LogP contribution >= 0.6 is 0 Å². The molecule has 0 aliphatic carbocycles. The Morgan fingerprint density at radius 2 is 1.75 bits per heavy atom. The van der Waals surface area contributed by atoms with Crippen molar-refractivity contribution in [1.82, 2.24) is 15.3 Å². The number of alkyl halides is 6. The van der Waals surface area contributed by atoms with Gasteiger partial charge in [-0.1, -0.05) is 6.07 Å². The number of guanidine groups is 1. The fraction of sp³-hybridized carbons (Fsp3) is 0.333. The Labute approximate surface area is 176 Å². The van der Waals surface area contributed by atoms with Gasteiger partial charge < -0.3 is 15.4 Å². The zero-order valence-electron chi connectivity index (χ0n) is 16.0. The van der Waals surface area contributed by atoms with Crippen LogP contribution in [-0.2, 0) is 17.1 Å². The van der Waals surface area contributed by atoms with Crippen molar-refractivity contribution in [2.24, 2.45) is 21.6 Å². The summed E-state index contributed by atoms with van der Waals surface area (Å²) < 4.78 is 83.2. The molecule has 1 fully saturated rings. The average Bonchev–Trinajstić information content (AvgIpc) is 2.65. The molecule has 0 aromatic carbocycles. The second kappa shape index (κ2) is 7.70. The van der Waals surface area contributed by atoms with Crippen LogP contribution in [0.15, 0.2) is 46.5 Å². The molecule has 14 heteroatoms. The monoisotopic (exact) mass is 459 g/mol. The first-order valence-corrected chi connectivity index (χ1v) is 9.12. The first kappa shape index (κ1) is 22.0. The summed E-state index contributed by atoms with van der Waals surface area (Å²) in [7, 11) is 0. The first-order valence-electron chi connectivity index (χ1n) is 9.12. The molecule has 0 radical (unpaired) electrons. The molecule has 4 rings (SSSR count). The zero-order valence-corrected chi connectivity index (χ0v) is 16.0. The van der Waals surface area contributed by atoms with Gasteiger partial charge in [-0.05, 0) is 24.3 Å². The lowest BCUT2D eigenvalue weighted by atomic mass is 9.99. The molecule has 32 heavy (non-hydrogen) atoms. The molecule has 0 bridgehead atoms. The highest BCUT2D eigenvalue weighted by molar-refractivity contribution is 6.13. The van der Waals surface area contributed by atoms with Crippen molar-refractivity contribution in [3.8, 4) is 0 Å². The number of ether oxygens (including phenoxy) is 1. The smallest absolute Gasteiger partial charge is 0.380 e. The van der Waals surface area contributed by atoms with Gasteiger partial charge in [0.2, 0.25) is 11.7 Å². The van der Waals surface area contributed by atoms with E-state index in [9.17, 15) is 26.3 Å². The quantitative estimate of drug-likeness (QED) is 0.609. The van der Waals surface area contributed by atoms with E-state index < -0.39 is 35.4 Å². The van der Waals surface area contributed by atoms with Gasteiger partial charge in [-0.15, -0.1) is 0 Å². The molecule has 0 amide bonds. The Kier molecular flexibility index (Phi) is 5.29. The van der Waals surface area contributed by atoms with Gasteiger partial charge in [-0.25, -0.2) is 15.0 Å². The summed E-state index contributed by atoms with van der Waals surface area (Å²) in [6.07, 6.45) is -8.41. The normalized spacial score (nSPS) is 21.8. The summed E-state index contributed by atoms with van der Waals surface area (Å²) in [6.45, 7) is 0.404. The molecule has 1 unspecified atom stereocenters. The largest absolute Gasteiger partial charge is 0.433 e. The van der Waals surface area contributed by atoms with Crippen molar-refractivity contribution in [3.05, 3.63) is 53.6 Å². The number of pyridine rings is 2. The SMILES string of the molecule is NC1(C2COC2)N=C(Nc2ccnc(C(F)(F)F)c2)NC(c2cccc(C(F)(F)F)n2)=N1. The molecular formula is C18H15F6N7O. The van der Waals surface area contributed by atoms with Crippen molar-refractivity contribution in [1.29, 1.82) is 0 Å². The molecular weight excluding hydrogens is 444 g/mol. The number of hydrogen-bond acceptors (Lipinski definition) is 8. The molecule has 0 spiro atoms. The van der Waals surface area contributed by atoms with Gasteiger partial charge in [0.25, 0.3) is 0 Å². The van der Waals surface area contributed by atoms with Gasteiger partial charge in [0, 0.05) is 11.9 Å². The van der Waals surface area contributed by atoms with Gasteiger partial charge in [0.05, 0.1) is 19.1 Å². The number of halogens is 6. The van der Waals surface area contributed by atoms with Crippen molar-refractivity contribution < 1.29 is 31.1 Å². The number of anilines is 1. The second-order valence-electron chi connectivity index (χ2n) is 7.02. The van der Waals surface area contributed by atoms with Crippen LogP contribution < -0.4 is 16.4 Å². The Morgan fingerprint density at radius 1 is 1.03 bits per heavy atom. The van der Waals surface area contributed by atoms with Gasteiger partial charge in [-0.3, -0.25) is 10.7 Å². The molecule has 2 aromatic rings. The highest BCUT2D eigenvalue weighted by atomic mass is 19.4. The molecule has 2 aromatic heterocycles. The molecule has 4 N–H and O–H groups in total. The predicted octanol–water partition coefficient (Wildman–Crippen LogP) is 2.59. The lowest BCUT2D eigenvalue weighted by Gasteiger charge is -2.39. The summed E-state index contributed by atoms with van der Waals surface area (Å²) in [6, 6.07) is 5.25. The van der Waals surface area contributed by atoms with Crippen LogP contribution in [0.3, 0.4) is 0 Å². The third-order valence-electron chi connectivity index (χ3n) is 4.65. The van der Waals surface area contributed by atoms with E-state index in [0.29, 0.717) is 0 Å². The Balaban J connectivity index is 1.68. The maximum atomic E-state index is 13.1. The molecule has 2 aliphatic heterocycles. The second-order valence-corrected chi connectivity index (χ2v) is 7.02. The maximum Gasteiger partial charge on any atom is 0.433 e. The van der Waals surface area contributed by atoms with Gasteiger partial charge >= 0.3 is 12.4 Å². The van der Waals surface area contributed by atoms with E-state index in [4.69, 9.17) is 10.5 Å².